The van der Waals surface area contributed by atoms with E-state index in [1.807, 2.05) is 6.92 Å². The van der Waals surface area contributed by atoms with Gasteiger partial charge < -0.3 is 10.1 Å². The number of hydrogen-bond donors (Lipinski definition) is 3. The Morgan fingerprint density at radius 1 is 1.60 bits per heavy atom. The highest BCUT2D eigenvalue weighted by molar-refractivity contribution is 5.80. The van der Waals surface area contributed by atoms with Gasteiger partial charge in [-0.2, -0.15) is 0 Å². The Kier molecular flexibility index (Phi) is 4.35. The summed E-state index contributed by atoms with van der Waals surface area (Å²) in [5.41, 5.74) is 2.76. The highest BCUT2D eigenvalue weighted by atomic mass is 16.5. The van der Waals surface area contributed by atoms with Gasteiger partial charge in [0.15, 0.2) is 0 Å². The smallest absolute Gasteiger partial charge is 0.206 e. The summed E-state index contributed by atoms with van der Waals surface area (Å²) in [6, 6.07) is 0.109. The molecule has 0 aromatic carbocycles. The fraction of sp³-hybridized carbons (Fsp3) is 0.900. The summed E-state index contributed by atoms with van der Waals surface area (Å²) in [6.45, 7) is 4.78. The number of hydrogen-bond acceptors (Lipinski definition) is 3. The maximum atomic E-state index is 5.42. The number of aliphatic imine (C=N–C) groups is 1. The number of guanidine groups is 1. The van der Waals surface area contributed by atoms with Crippen LogP contribution in [0, 0.1) is 0 Å². The number of nitrogens with zero attached hydrogens (tertiary/aromatic N) is 1. The first-order valence-electron chi connectivity index (χ1n) is 5.41. The van der Waals surface area contributed by atoms with E-state index < -0.39 is 0 Å². The average molecular weight is 214 g/mol. The first-order chi connectivity index (χ1) is 7.09. The maximum absolute atomic E-state index is 5.42. The van der Waals surface area contributed by atoms with Crippen molar-refractivity contribution >= 4 is 5.96 Å². The number of methoxy groups -OCH3 is 1. The third-order valence-corrected chi connectivity index (χ3v) is 2.77. The molecule has 0 aliphatic heterocycles. The molecule has 1 aliphatic rings. The van der Waals surface area contributed by atoms with Crippen LogP contribution in [-0.2, 0) is 4.74 Å². The van der Waals surface area contributed by atoms with E-state index >= 15 is 0 Å². The van der Waals surface area contributed by atoms with E-state index in [1.54, 1.807) is 7.11 Å². The largest absolute Gasteiger partial charge is 0.382 e. The van der Waals surface area contributed by atoms with Crippen molar-refractivity contribution in [1.29, 1.82) is 0 Å². The second kappa shape index (κ2) is 5.32. The third-order valence-electron chi connectivity index (χ3n) is 2.77. The molecule has 1 rings (SSSR count). The molecule has 1 atom stereocenters. The van der Waals surface area contributed by atoms with Crippen LogP contribution in [0.3, 0.4) is 0 Å². The summed E-state index contributed by atoms with van der Waals surface area (Å²) in [5, 5.41) is 3.33. The Labute approximate surface area is 91.4 Å². The fourth-order valence-corrected chi connectivity index (χ4v) is 1.72. The number of nitrogens with one attached hydrogen (secondary N) is 2. The van der Waals surface area contributed by atoms with Gasteiger partial charge in [0.05, 0.1) is 12.6 Å². The minimum atomic E-state index is 0.109. The van der Waals surface area contributed by atoms with Gasteiger partial charge in [0.1, 0.15) is 0 Å². The Bertz CT molecular complexity index is 225. The van der Waals surface area contributed by atoms with E-state index in [0.29, 0.717) is 12.6 Å². The van der Waals surface area contributed by atoms with Gasteiger partial charge in [0.25, 0.3) is 0 Å². The first-order valence-corrected chi connectivity index (χ1v) is 5.41. The zero-order valence-corrected chi connectivity index (χ0v) is 9.84. The molecule has 5 nitrogen and oxygen atoms in total. The number of nitrogens with two attached hydrogens (primary N) is 1. The summed E-state index contributed by atoms with van der Waals surface area (Å²) in [4.78, 5) is 4.40. The molecule has 1 unspecified atom stereocenters. The molecule has 1 aliphatic carbocycles. The zero-order chi connectivity index (χ0) is 11.3. The Morgan fingerprint density at radius 2 is 2.27 bits per heavy atom. The summed E-state index contributed by atoms with van der Waals surface area (Å²) in [7, 11) is 1.67. The SMILES string of the molecule is COCC(C)N=C(NN)NC1(C)CCC1. The van der Waals surface area contributed by atoms with Crippen molar-refractivity contribution in [3.8, 4) is 0 Å². The summed E-state index contributed by atoms with van der Waals surface area (Å²) in [5.74, 6) is 6.07. The number of rotatable bonds is 4. The van der Waals surface area contributed by atoms with Gasteiger partial charge in [-0.15, -0.1) is 0 Å². The number of hydrazine groups is 1. The third kappa shape index (κ3) is 3.68. The van der Waals surface area contributed by atoms with Crippen molar-refractivity contribution in [3.63, 3.8) is 0 Å². The van der Waals surface area contributed by atoms with Crippen molar-refractivity contribution < 1.29 is 4.74 Å². The van der Waals surface area contributed by atoms with Crippen LogP contribution in [0.5, 0.6) is 0 Å². The average Bonchev–Trinajstić information content (AvgIpc) is 2.14. The molecule has 1 fully saturated rings. The summed E-state index contributed by atoms with van der Waals surface area (Å²) < 4.78 is 5.02. The highest BCUT2D eigenvalue weighted by Crippen LogP contribution is 2.30. The van der Waals surface area contributed by atoms with Crippen molar-refractivity contribution in [3.05, 3.63) is 0 Å². The molecule has 1 saturated carbocycles. The van der Waals surface area contributed by atoms with Gasteiger partial charge in [0.2, 0.25) is 5.96 Å². The summed E-state index contributed by atoms with van der Waals surface area (Å²) in [6.07, 6.45) is 3.62. The van der Waals surface area contributed by atoms with Crippen LogP contribution < -0.4 is 16.6 Å². The molecule has 0 bridgehead atoms. The van der Waals surface area contributed by atoms with Gasteiger partial charge in [-0.05, 0) is 33.1 Å². The van der Waals surface area contributed by atoms with Crippen LogP contribution in [0.1, 0.15) is 33.1 Å². The molecule has 5 heteroatoms. The van der Waals surface area contributed by atoms with Crippen LogP contribution in [0.25, 0.3) is 0 Å². The lowest BCUT2D eigenvalue weighted by molar-refractivity contribution is 0.185. The topological polar surface area (TPSA) is 71.7 Å². The molecule has 0 aromatic rings. The lowest BCUT2D eigenvalue weighted by atomic mass is 9.79. The van der Waals surface area contributed by atoms with Crippen LogP contribution >= 0.6 is 0 Å². The predicted octanol–water partition coefficient (Wildman–Crippen LogP) is 0.373. The van der Waals surface area contributed by atoms with E-state index in [9.17, 15) is 0 Å². The molecule has 15 heavy (non-hydrogen) atoms. The minimum Gasteiger partial charge on any atom is -0.382 e. The van der Waals surface area contributed by atoms with Crippen molar-refractivity contribution in [1.82, 2.24) is 10.7 Å². The second-order valence-corrected chi connectivity index (χ2v) is 4.47. The Balaban J connectivity index is 2.46. The molecule has 4 N–H and O–H groups in total. The normalized spacial score (nSPS) is 21.7. The molecule has 0 aromatic heterocycles. The Morgan fingerprint density at radius 3 is 2.67 bits per heavy atom. The van der Waals surface area contributed by atoms with Gasteiger partial charge >= 0.3 is 0 Å². The molecular formula is C10H22N4O. The fourth-order valence-electron chi connectivity index (χ4n) is 1.72. The van der Waals surface area contributed by atoms with E-state index in [1.165, 1.54) is 19.3 Å². The highest BCUT2D eigenvalue weighted by Gasteiger charge is 2.32. The standard InChI is InChI=1S/C10H22N4O/c1-8(7-15-3)12-9(14-11)13-10(2)5-4-6-10/h8H,4-7,11H2,1-3H3,(H2,12,13,14). The maximum Gasteiger partial charge on any atom is 0.206 e. The van der Waals surface area contributed by atoms with Gasteiger partial charge in [0, 0.05) is 12.6 Å². The van der Waals surface area contributed by atoms with E-state index in [4.69, 9.17) is 10.6 Å². The van der Waals surface area contributed by atoms with Crippen molar-refractivity contribution in [2.45, 2.75) is 44.7 Å². The molecule has 0 amide bonds. The van der Waals surface area contributed by atoms with Crippen LogP contribution in [-0.4, -0.2) is 31.3 Å². The van der Waals surface area contributed by atoms with Crippen molar-refractivity contribution in [2.75, 3.05) is 13.7 Å². The van der Waals surface area contributed by atoms with Crippen molar-refractivity contribution in [2.24, 2.45) is 10.8 Å². The van der Waals surface area contributed by atoms with Crippen LogP contribution in [0.4, 0.5) is 0 Å². The minimum absolute atomic E-state index is 0.109. The lowest BCUT2D eigenvalue weighted by Gasteiger charge is -2.40. The molecule has 0 saturated heterocycles. The second-order valence-electron chi connectivity index (χ2n) is 4.47. The Hall–Kier alpha value is -0.810. The molecule has 0 heterocycles. The predicted molar refractivity (Wildman–Crippen MR) is 61.5 cm³/mol. The van der Waals surface area contributed by atoms with Crippen LogP contribution in [0.2, 0.25) is 0 Å². The molecule has 0 spiro atoms. The van der Waals surface area contributed by atoms with E-state index in [2.05, 4.69) is 22.7 Å². The van der Waals surface area contributed by atoms with Gasteiger partial charge in [-0.25, -0.2) is 10.8 Å². The van der Waals surface area contributed by atoms with E-state index in [0.717, 1.165) is 0 Å². The molecule has 88 valence electrons. The first kappa shape index (κ1) is 12.3. The quantitative estimate of drug-likeness (QED) is 0.274. The lowest BCUT2D eigenvalue weighted by Crippen LogP contribution is -2.56. The number of ether oxygens (including phenoxy) is 1. The van der Waals surface area contributed by atoms with E-state index in [-0.39, 0.29) is 11.6 Å². The van der Waals surface area contributed by atoms with Crippen LogP contribution in [0.15, 0.2) is 4.99 Å². The molecule has 0 radical (unpaired) electrons. The van der Waals surface area contributed by atoms with Gasteiger partial charge in [-0.3, -0.25) is 5.43 Å². The summed E-state index contributed by atoms with van der Waals surface area (Å²) >= 11 is 0. The van der Waals surface area contributed by atoms with Gasteiger partial charge in [-0.1, -0.05) is 0 Å². The monoisotopic (exact) mass is 214 g/mol. The molecular weight excluding hydrogens is 192 g/mol. The zero-order valence-electron chi connectivity index (χ0n) is 9.84.